The van der Waals surface area contributed by atoms with Gasteiger partial charge >= 0.3 is 0 Å². The van der Waals surface area contributed by atoms with Gasteiger partial charge in [0, 0.05) is 23.2 Å². The van der Waals surface area contributed by atoms with E-state index in [1.54, 1.807) is 24.3 Å². The van der Waals surface area contributed by atoms with E-state index in [-0.39, 0.29) is 11.0 Å². The summed E-state index contributed by atoms with van der Waals surface area (Å²) in [6.45, 7) is 2.27. The summed E-state index contributed by atoms with van der Waals surface area (Å²) in [6.07, 6.45) is 1.69. The number of amides is 1. The number of fused-ring (bicyclic) bond motifs is 3. The molecule has 3 aliphatic rings. The molecule has 1 atom stereocenters. The second-order valence-corrected chi connectivity index (χ2v) is 6.86. The molecule has 23 heavy (non-hydrogen) atoms. The Labute approximate surface area is 145 Å². The fraction of sp³-hybridized carbons (Fsp3) is 0.467. The second kappa shape index (κ2) is 6.60. The van der Waals surface area contributed by atoms with Gasteiger partial charge in [0.25, 0.3) is 5.91 Å². The fourth-order valence-electron chi connectivity index (χ4n) is 3.21. The van der Waals surface area contributed by atoms with Gasteiger partial charge in [0.05, 0.1) is 0 Å². The minimum Gasteiger partial charge on any atom is -0.378 e. The van der Waals surface area contributed by atoms with Crippen LogP contribution >= 0.6 is 23.8 Å². The summed E-state index contributed by atoms with van der Waals surface area (Å²) in [4.78, 5) is 14.5. The predicted molar refractivity (Wildman–Crippen MR) is 93.1 cm³/mol. The smallest absolute Gasteiger partial charge is 0.271 e. The molecule has 1 amide bonds. The zero-order valence-electron chi connectivity index (χ0n) is 12.5. The molecule has 124 valence electrons. The molecular weight excluding hydrogens is 336 g/mol. The molecule has 1 aromatic carbocycles. The number of hydrogen-bond donors (Lipinski definition) is 4. The van der Waals surface area contributed by atoms with E-state index in [0.29, 0.717) is 11.6 Å². The molecule has 4 N–H and O–H groups in total. The highest BCUT2D eigenvalue weighted by molar-refractivity contribution is 7.80. The first-order valence-corrected chi connectivity index (χ1v) is 8.34. The predicted octanol–water partition coefficient (Wildman–Crippen LogP) is 1.11. The van der Waals surface area contributed by atoms with E-state index in [1.165, 1.54) is 0 Å². The van der Waals surface area contributed by atoms with Crippen molar-refractivity contribution in [3.63, 3.8) is 0 Å². The molecule has 3 saturated heterocycles. The Hall–Kier alpha value is -1.41. The molecule has 3 aliphatic heterocycles. The third-order valence-corrected chi connectivity index (χ3v) is 4.97. The lowest BCUT2D eigenvalue weighted by atomic mass is 9.75. The Bertz CT molecular complexity index is 604. The maximum absolute atomic E-state index is 12.4. The normalized spacial score (nSPS) is 29.0. The van der Waals surface area contributed by atoms with E-state index < -0.39 is 11.5 Å². The Morgan fingerprint density at radius 3 is 2.48 bits per heavy atom. The number of thiocarbonyl (C=S) groups is 1. The van der Waals surface area contributed by atoms with Crippen LogP contribution in [-0.2, 0) is 4.79 Å². The van der Waals surface area contributed by atoms with E-state index >= 15 is 0 Å². The summed E-state index contributed by atoms with van der Waals surface area (Å²) < 4.78 is 0. The number of nitrogens with one attached hydrogen (secondary N) is 3. The highest BCUT2D eigenvalue weighted by Crippen LogP contribution is 2.35. The van der Waals surface area contributed by atoms with E-state index in [4.69, 9.17) is 23.8 Å². The van der Waals surface area contributed by atoms with Crippen molar-refractivity contribution in [1.29, 1.82) is 0 Å². The molecule has 3 fully saturated rings. The van der Waals surface area contributed by atoms with Crippen molar-refractivity contribution in [3.05, 3.63) is 29.3 Å². The molecule has 0 spiro atoms. The van der Waals surface area contributed by atoms with Gasteiger partial charge < -0.3 is 10.4 Å². The number of aliphatic hydroxyl groups is 1. The Kier molecular flexibility index (Phi) is 4.72. The average Bonchev–Trinajstić information content (AvgIpc) is 2.55. The number of carbonyl (C=O) groups is 1. The summed E-state index contributed by atoms with van der Waals surface area (Å²) in [5.41, 5.74) is 4.56. The number of rotatable bonds is 2. The van der Waals surface area contributed by atoms with Gasteiger partial charge in [0.2, 0.25) is 0 Å². The van der Waals surface area contributed by atoms with Crippen LogP contribution in [0.2, 0.25) is 5.02 Å². The fourth-order valence-corrected chi connectivity index (χ4v) is 3.51. The molecule has 0 aliphatic carbocycles. The van der Waals surface area contributed by atoms with Crippen LogP contribution in [0.3, 0.4) is 0 Å². The van der Waals surface area contributed by atoms with E-state index in [2.05, 4.69) is 21.1 Å². The number of anilines is 1. The van der Waals surface area contributed by atoms with E-state index in [9.17, 15) is 9.90 Å². The SMILES string of the molecule is O=C(NNC(=S)Nc1ccc(Cl)cc1)[C@]1(O)CN2CCC1CC2. The first kappa shape index (κ1) is 16.4. The number of hydrazine groups is 1. The number of piperidine rings is 3. The van der Waals surface area contributed by atoms with Crippen LogP contribution in [0.15, 0.2) is 24.3 Å². The van der Waals surface area contributed by atoms with Crippen molar-refractivity contribution in [2.75, 3.05) is 25.0 Å². The number of carbonyl (C=O) groups excluding carboxylic acids is 1. The topological polar surface area (TPSA) is 76.6 Å². The van der Waals surface area contributed by atoms with Crippen LogP contribution in [0.5, 0.6) is 0 Å². The quantitative estimate of drug-likeness (QED) is 0.471. The lowest BCUT2D eigenvalue weighted by Gasteiger charge is -2.49. The van der Waals surface area contributed by atoms with Crippen molar-refractivity contribution < 1.29 is 9.90 Å². The first-order chi connectivity index (χ1) is 11.0. The number of benzene rings is 1. The largest absolute Gasteiger partial charge is 0.378 e. The van der Waals surface area contributed by atoms with Gasteiger partial charge in [0.1, 0.15) is 0 Å². The number of nitrogens with zero attached hydrogens (tertiary/aromatic N) is 1. The number of hydrogen-bond acceptors (Lipinski definition) is 4. The maximum atomic E-state index is 12.4. The average molecular weight is 355 g/mol. The van der Waals surface area contributed by atoms with Crippen LogP contribution in [0.1, 0.15) is 12.8 Å². The molecule has 2 bridgehead atoms. The van der Waals surface area contributed by atoms with Gasteiger partial charge in [-0.05, 0) is 62.4 Å². The first-order valence-electron chi connectivity index (χ1n) is 7.55. The maximum Gasteiger partial charge on any atom is 0.271 e. The van der Waals surface area contributed by atoms with Crippen LogP contribution < -0.4 is 16.2 Å². The molecule has 6 nitrogen and oxygen atoms in total. The van der Waals surface area contributed by atoms with Gasteiger partial charge in [-0.3, -0.25) is 20.5 Å². The zero-order valence-corrected chi connectivity index (χ0v) is 14.1. The highest BCUT2D eigenvalue weighted by Gasteiger charge is 2.50. The highest BCUT2D eigenvalue weighted by atomic mass is 35.5. The lowest BCUT2D eigenvalue weighted by molar-refractivity contribution is -0.162. The van der Waals surface area contributed by atoms with Crippen LogP contribution in [-0.4, -0.2) is 46.3 Å². The van der Waals surface area contributed by atoms with Crippen molar-refractivity contribution in [2.45, 2.75) is 18.4 Å². The van der Waals surface area contributed by atoms with E-state index in [1.807, 2.05) is 0 Å². The summed E-state index contributed by atoms with van der Waals surface area (Å²) in [6, 6.07) is 7.03. The van der Waals surface area contributed by atoms with Gasteiger partial charge in [-0.1, -0.05) is 11.6 Å². The second-order valence-electron chi connectivity index (χ2n) is 6.01. The molecule has 4 rings (SSSR count). The minimum atomic E-state index is -1.35. The van der Waals surface area contributed by atoms with Gasteiger partial charge in [-0.25, -0.2) is 0 Å². The zero-order chi connectivity index (χ0) is 16.4. The van der Waals surface area contributed by atoms with Crippen molar-refractivity contribution >= 4 is 40.5 Å². The Morgan fingerprint density at radius 1 is 1.26 bits per heavy atom. The van der Waals surface area contributed by atoms with Crippen LogP contribution in [0.4, 0.5) is 5.69 Å². The van der Waals surface area contributed by atoms with Crippen LogP contribution in [0, 0.1) is 5.92 Å². The Balaban J connectivity index is 1.52. The summed E-state index contributed by atoms with van der Waals surface area (Å²) in [5, 5.41) is 14.5. The van der Waals surface area contributed by atoms with Crippen molar-refractivity contribution in [3.8, 4) is 0 Å². The molecule has 0 aromatic heterocycles. The van der Waals surface area contributed by atoms with Gasteiger partial charge in [-0.2, -0.15) is 0 Å². The molecular formula is C15H19ClN4O2S. The summed E-state index contributed by atoms with van der Waals surface area (Å²) in [7, 11) is 0. The number of halogens is 1. The molecule has 8 heteroatoms. The molecule has 3 heterocycles. The van der Waals surface area contributed by atoms with Crippen LogP contribution in [0.25, 0.3) is 0 Å². The molecule has 0 saturated carbocycles. The van der Waals surface area contributed by atoms with Crippen molar-refractivity contribution in [2.24, 2.45) is 5.92 Å². The van der Waals surface area contributed by atoms with Gasteiger partial charge in [-0.15, -0.1) is 0 Å². The summed E-state index contributed by atoms with van der Waals surface area (Å²) in [5.74, 6) is -0.431. The third kappa shape index (κ3) is 3.58. The monoisotopic (exact) mass is 354 g/mol. The Morgan fingerprint density at radius 2 is 1.91 bits per heavy atom. The molecule has 1 aromatic rings. The van der Waals surface area contributed by atoms with E-state index in [0.717, 1.165) is 31.6 Å². The summed E-state index contributed by atoms with van der Waals surface area (Å²) >= 11 is 10.9. The molecule has 0 radical (unpaired) electrons. The standard InChI is InChI=1S/C15H19ClN4O2S/c16-11-1-3-12(4-2-11)17-14(23)19-18-13(21)15(22)9-20-7-5-10(15)6-8-20/h1-4,10,22H,5-9H2,(H,18,21)(H2,17,19,23)/t15-/m0/s1. The minimum absolute atomic E-state index is 0.00657. The molecule has 0 unspecified atom stereocenters. The lowest BCUT2D eigenvalue weighted by Crippen LogP contribution is -2.67. The third-order valence-electron chi connectivity index (χ3n) is 4.51. The van der Waals surface area contributed by atoms with Crippen molar-refractivity contribution in [1.82, 2.24) is 15.8 Å². The van der Waals surface area contributed by atoms with Gasteiger partial charge in [0.15, 0.2) is 10.7 Å².